The quantitative estimate of drug-likeness (QED) is 0.646. The van der Waals surface area contributed by atoms with Gasteiger partial charge in [0.2, 0.25) is 0 Å². The molecule has 136 valence electrons. The Morgan fingerprint density at radius 1 is 1.38 bits per heavy atom. The lowest BCUT2D eigenvalue weighted by Gasteiger charge is -2.35. The van der Waals surface area contributed by atoms with E-state index in [1.165, 1.54) is 6.20 Å². The monoisotopic (exact) mass is 374 g/mol. The normalized spacial score (nSPS) is 23.3. The van der Waals surface area contributed by atoms with Crippen molar-refractivity contribution >= 4 is 28.5 Å². The number of aromatic amines is 1. The number of nitrogens with one attached hydrogen (secondary N) is 2. The Morgan fingerprint density at radius 3 is 3.04 bits per heavy atom. The molecule has 1 fully saturated rings. The summed E-state index contributed by atoms with van der Waals surface area (Å²) in [6.07, 6.45) is 8.21. The van der Waals surface area contributed by atoms with E-state index >= 15 is 0 Å². The molecule has 3 heterocycles. The third-order valence-electron chi connectivity index (χ3n) is 4.84. The van der Waals surface area contributed by atoms with Crippen molar-refractivity contribution in [1.29, 1.82) is 0 Å². The maximum absolute atomic E-state index is 14.3. The second-order valence-corrected chi connectivity index (χ2v) is 7.67. The van der Waals surface area contributed by atoms with Crippen LogP contribution in [0.25, 0.3) is 22.4 Å². The van der Waals surface area contributed by atoms with Crippen molar-refractivity contribution in [3.8, 4) is 11.4 Å². The maximum atomic E-state index is 14.3. The number of hydrogen-bond acceptors (Lipinski definition) is 5. The van der Waals surface area contributed by atoms with Crippen LogP contribution in [0.4, 0.5) is 10.2 Å². The van der Waals surface area contributed by atoms with Crippen molar-refractivity contribution < 1.29 is 4.39 Å². The fourth-order valence-corrected chi connectivity index (χ4v) is 3.75. The molecule has 3 aromatic heterocycles. The Kier molecular flexibility index (Phi) is 4.28. The average Bonchev–Trinajstić information content (AvgIpc) is 2.99. The first kappa shape index (κ1) is 17.2. The van der Waals surface area contributed by atoms with Gasteiger partial charge in [0.1, 0.15) is 5.65 Å². The number of fused-ring (bicyclic) bond motifs is 1. The van der Waals surface area contributed by atoms with Crippen LogP contribution < -0.4 is 11.1 Å². The summed E-state index contributed by atoms with van der Waals surface area (Å²) >= 11 is 6.05. The Labute approximate surface area is 155 Å². The summed E-state index contributed by atoms with van der Waals surface area (Å²) in [5, 5.41) is 4.52. The average molecular weight is 375 g/mol. The zero-order valence-corrected chi connectivity index (χ0v) is 15.1. The first-order valence-electron chi connectivity index (χ1n) is 8.62. The molecule has 0 aromatic carbocycles. The predicted molar refractivity (Wildman–Crippen MR) is 101 cm³/mol. The molecule has 0 saturated heterocycles. The Morgan fingerprint density at radius 2 is 2.23 bits per heavy atom. The Hall–Kier alpha value is -2.25. The number of nitrogens with zero attached hydrogens (tertiary/aromatic N) is 3. The molecule has 3 aromatic rings. The molecule has 1 unspecified atom stereocenters. The van der Waals surface area contributed by atoms with Crippen LogP contribution >= 0.6 is 11.6 Å². The van der Waals surface area contributed by atoms with Crippen LogP contribution in [0.5, 0.6) is 0 Å². The van der Waals surface area contributed by atoms with Gasteiger partial charge in [-0.05, 0) is 38.7 Å². The van der Waals surface area contributed by atoms with Gasteiger partial charge in [-0.25, -0.2) is 19.3 Å². The lowest BCUT2D eigenvalue weighted by molar-refractivity contribution is 0.302. The molecule has 0 amide bonds. The van der Waals surface area contributed by atoms with E-state index in [2.05, 4.69) is 25.3 Å². The molecule has 26 heavy (non-hydrogen) atoms. The SMILES string of the molecule is C[C@@]1(N)CCCC(Nc2nc(-c3c[nH]c4ncc(Cl)cc34)ncc2F)C1. The van der Waals surface area contributed by atoms with Gasteiger partial charge in [0.15, 0.2) is 17.5 Å². The highest BCUT2D eigenvalue weighted by atomic mass is 35.5. The minimum absolute atomic E-state index is 0.0927. The van der Waals surface area contributed by atoms with Gasteiger partial charge in [-0.1, -0.05) is 11.6 Å². The van der Waals surface area contributed by atoms with E-state index in [1.54, 1.807) is 18.5 Å². The van der Waals surface area contributed by atoms with Gasteiger partial charge in [0.05, 0.1) is 11.2 Å². The molecule has 0 radical (unpaired) electrons. The Bertz CT molecular complexity index is 954. The summed E-state index contributed by atoms with van der Waals surface area (Å²) in [7, 11) is 0. The molecule has 0 bridgehead atoms. The topological polar surface area (TPSA) is 92.5 Å². The lowest BCUT2D eigenvalue weighted by Crippen LogP contribution is -2.45. The highest BCUT2D eigenvalue weighted by Gasteiger charge is 2.29. The fourth-order valence-electron chi connectivity index (χ4n) is 3.60. The van der Waals surface area contributed by atoms with Gasteiger partial charge in [-0.3, -0.25) is 0 Å². The molecule has 4 rings (SSSR count). The summed E-state index contributed by atoms with van der Waals surface area (Å²) in [6.45, 7) is 2.03. The molecule has 6 nitrogen and oxygen atoms in total. The minimum Gasteiger partial charge on any atom is -0.365 e. The molecule has 0 spiro atoms. The van der Waals surface area contributed by atoms with Crippen LogP contribution in [-0.4, -0.2) is 31.5 Å². The Balaban J connectivity index is 1.66. The second kappa shape index (κ2) is 6.48. The van der Waals surface area contributed by atoms with Crippen molar-refractivity contribution in [2.45, 2.75) is 44.2 Å². The number of anilines is 1. The summed E-state index contributed by atoms with van der Waals surface area (Å²) in [4.78, 5) is 15.8. The van der Waals surface area contributed by atoms with Gasteiger partial charge in [0, 0.05) is 34.9 Å². The maximum Gasteiger partial charge on any atom is 0.183 e. The first-order chi connectivity index (χ1) is 12.4. The largest absolute Gasteiger partial charge is 0.365 e. The van der Waals surface area contributed by atoms with Crippen LogP contribution in [0.2, 0.25) is 5.02 Å². The second-order valence-electron chi connectivity index (χ2n) is 7.23. The zero-order valence-electron chi connectivity index (χ0n) is 14.4. The van der Waals surface area contributed by atoms with Crippen molar-refractivity contribution in [3.63, 3.8) is 0 Å². The zero-order chi connectivity index (χ0) is 18.3. The van der Waals surface area contributed by atoms with Gasteiger partial charge in [-0.15, -0.1) is 0 Å². The molecular formula is C18H20ClFN6. The smallest absolute Gasteiger partial charge is 0.183 e. The van der Waals surface area contributed by atoms with E-state index in [0.29, 0.717) is 16.5 Å². The van der Waals surface area contributed by atoms with E-state index < -0.39 is 5.82 Å². The number of hydrogen-bond donors (Lipinski definition) is 3. The van der Waals surface area contributed by atoms with Crippen LogP contribution in [0, 0.1) is 5.82 Å². The van der Waals surface area contributed by atoms with E-state index in [4.69, 9.17) is 17.3 Å². The molecular weight excluding hydrogens is 355 g/mol. The van der Waals surface area contributed by atoms with E-state index in [0.717, 1.165) is 36.6 Å². The molecule has 1 saturated carbocycles. The first-order valence-corrected chi connectivity index (χ1v) is 9.00. The van der Waals surface area contributed by atoms with E-state index in [-0.39, 0.29) is 17.4 Å². The third kappa shape index (κ3) is 3.37. The van der Waals surface area contributed by atoms with Crippen LogP contribution in [0.15, 0.2) is 24.7 Å². The third-order valence-corrected chi connectivity index (χ3v) is 5.04. The molecule has 1 aliphatic carbocycles. The molecule has 4 N–H and O–H groups in total. The van der Waals surface area contributed by atoms with Crippen molar-refractivity contribution in [3.05, 3.63) is 35.5 Å². The number of pyridine rings is 1. The van der Waals surface area contributed by atoms with Crippen LogP contribution in [0.1, 0.15) is 32.6 Å². The highest BCUT2D eigenvalue weighted by Crippen LogP contribution is 2.30. The summed E-state index contributed by atoms with van der Waals surface area (Å²) in [5.74, 6) is 0.131. The summed E-state index contributed by atoms with van der Waals surface area (Å²) < 4.78 is 14.3. The van der Waals surface area contributed by atoms with Crippen LogP contribution in [0.3, 0.4) is 0 Å². The van der Waals surface area contributed by atoms with Crippen molar-refractivity contribution in [1.82, 2.24) is 19.9 Å². The van der Waals surface area contributed by atoms with Gasteiger partial charge in [0.25, 0.3) is 0 Å². The van der Waals surface area contributed by atoms with Crippen LogP contribution in [-0.2, 0) is 0 Å². The number of nitrogens with two attached hydrogens (primary N) is 1. The molecule has 1 aliphatic rings. The number of H-pyrrole nitrogens is 1. The molecule has 2 atom stereocenters. The van der Waals surface area contributed by atoms with Crippen molar-refractivity contribution in [2.75, 3.05) is 5.32 Å². The van der Waals surface area contributed by atoms with Gasteiger partial charge >= 0.3 is 0 Å². The number of rotatable bonds is 3. The van der Waals surface area contributed by atoms with E-state index in [9.17, 15) is 4.39 Å². The minimum atomic E-state index is -0.478. The standard InChI is InChI=1S/C18H20ClFN6/c1-18(21)4-2-3-11(6-18)25-17-14(20)9-24-16(26-17)13-8-23-15-12(13)5-10(19)7-22-15/h5,7-9,11H,2-4,6,21H2,1H3,(H,22,23)(H,24,25,26)/t11?,18-/m1/s1. The summed E-state index contributed by atoms with van der Waals surface area (Å²) in [5.41, 5.74) is 7.42. The van der Waals surface area contributed by atoms with Gasteiger partial charge in [-0.2, -0.15) is 0 Å². The summed E-state index contributed by atoms with van der Waals surface area (Å²) in [6, 6.07) is 1.88. The number of aromatic nitrogens is 4. The highest BCUT2D eigenvalue weighted by molar-refractivity contribution is 6.31. The van der Waals surface area contributed by atoms with E-state index in [1.807, 2.05) is 6.92 Å². The van der Waals surface area contributed by atoms with Gasteiger partial charge < -0.3 is 16.0 Å². The number of halogens is 2. The molecule has 8 heteroatoms. The predicted octanol–water partition coefficient (Wildman–Crippen LogP) is 3.88. The fraction of sp³-hybridized carbons (Fsp3) is 0.389. The lowest BCUT2D eigenvalue weighted by atomic mass is 9.81. The van der Waals surface area contributed by atoms with Crippen molar-refractivity contribution in [2.24, 2.45) is 5.73 Å². The molecule has 0 aliphatic heterocycles.